The highest BCUT2D eigenvalue weighted by Gasteiger charge is 2.31. The maximum Gasteiger partial charge on any atom is 0.0836 e. The normalized spacial score (nSPS) is 25.8. The van der Waals surface area contributed by atoms with Gasteiger partial charge in [0.1, 0.15) is 0 Å². The standard InChI is InChI=1S/C5H10O.4CH4/c1-3-5-4(2)6-5;;;;/h4-5H,3H2,1-2H3;4*1H4. The molecule has 10 heavy (non-hydrogen) atoms. The Bertz CT molecular complexity index is 50.7. The van der Waals surface area contributed by atoms with E-state index in [0.717, 1.165) is 0 Å². The van der Waals surface area contributed by atoms with E-state index >= 15 is 0 Å². The van der Waals surface area contributed by atoms with Crippen LogP contribution in [0.15, 0.2) is 0 Å². The van der Waals surface area contributed by atoms with Crippen molar-refractivity contribution in [3.05, 3.63) is 0 Å². The van der Waals surface area contributed by atoms with Crippen LogP contribution in [0.2, 0.25) is 0 Å². The van der Waals surface area contributed by atoms with Crippen molar-refractivity contribution in [2.24, 2.45) is 0 Å². The maximum absolute atomic E-state index is 5.07. The Balaban J connectivity index is -0.0000000450. The van der Waals surface area contributed by atoms with Crippen LogP contribution in [0.4, 0.5) is 0 Å². The molecule has 1 nitrogen and oxygen atoms in total. The molecule has 0 radical (unpaired) electrons. The molecule has 0 spiro atoms. The molecular weight excluding hydrogens is 124 g/mol. The van der Waals surface area contributed by atoms with Gasteiger partial charge in [-0.05, 0) is 13.3 Å². The lowest BCUT2D eigenvalue weighted by Gasteiger charge is -1.72. The van der Waals surface area contributed by atoms with Crippen LogP contribution < -0.4 is 0 Å². The molecule has 2 atom stereocenters. The summed E-state index contributed by atoms with van der Waals surface area (Å²) in [5, 5.41) is 0. The van der Waals surface area contributed by atoms with Crippen LogP contribution in [0.1, 0.15) is 50.0 Å². The van der Waals surface area contributed by atoms with Crippen molar-refractivity contribution in [2.45, 2.75) is 62.2 Å². The molecule has 1 fully saturated rings. The van der Waals surface area contributed by atoms with Crippen LogP contribution in [-0.2, 0) is 4.74 Å². The third-order valence-electron chi connectivity index (χ3n) is 1.24. The summed E-state index contributed by atoms with van der Waals surface area (Å²) in [5.41, 5.74) is 0. The number of epoxide rings is 1. The molecule has 0 aliphatic carbocycles. The molecule has 1 heterocycles. The molecule has 2 unspecified atom stereocenters. The third-order valence-corrected chi connectivity index (χ3v) is 1.24. The minimum Gasteiger partial charge on any atom is -0.370 e. The van der Waals surface area contributed by atoms with E-state index in [4.69, 9.17) is 4.74 Å². The predicted octanol–water partition coefficient (Wildman–Crippen LogP) is 3.73. The van der Waals surface area contributed by atoms with Gasteiger partial charge in [-0.1, -0.05) is 36.6 Å². The Morgan fingerprint density at radius 3 is 1.40 bits per heavy atom. The Morgan fingerprint density at radius 1 is 1.10 bits per heavy atom. The first-order valence-corrected chi connectivity index (χ1v) is 2.50. The van der Waals surface area contributed by atoms with Crippen LogP contribution in [-0.4, -0.2) is 12.2 Å². The van der Waals surface area contributed by atoms with Crippen molar-refractivity contribution in [3.8, 4) is 0 Å². The van der Waals surface area contributed by atoms with E-state index < -0.39 is 0 Å². The van der Waals surface area contributed by atoms with Gasteiger partial charge >= 0.3 is 0 Å². The summed E-state index contributed by atoms with van der Waals surface area (Å²) in [6.07, 6.45) is 2.35. The molecule has 1 saturated heterocycles. The summed E-state index contributed by atoms with van der Waals surface area (Å²) >= 11 is 0. The van der Waals surface area contributed by atoms with Crippen molar-refractivity contribution in [3.63, 3.8) is 0 Å². The number of hydrogen-bond acceptors (Lipinski definition) is 1. The van der Waals surface area contributed by atoms with E-state index in [0.29, 0.717) is 12.2 Å². The topological polar surface area (TPSA) is 12.5 Å². The van der Waals surface area contributed by atoms with Crippen molar-refractivity contribution in [1.29, 1.82) is 0 Å². The van der Waals surface area contributed by atoms with Crippen molar-refractivity contribution in [2.75, 3.05) is 0 Å². The van der Waals surface area contributed by atoms with Crippen molar-refractivity contribution >= 4 is 0 Å². The maximum atomic E-state index is 5.07. The molecule has 1 rings (SSSR count). The minimum atomic E-state index is 0. The van der Waals surface area contributed by atoms with E-state index in [1.807, 2.05) is 0 Å². The lowest BCUT2D eigenvalue weighted by atomic mass is 10.3. The third kappa shape index (κ3) is 6.09. The first-order chi connectivity index (χ1) is 2.84. The van der Waals surface area contributed by atoms with Crippen LogP contribution in [0.25, 0.3) is 0 Å². The molecule has 0 amide bonds. The molecule has 1 heteroatoms. The lowest BCUT2D eigenvalue weighted by molar-refractivity contribution is 0.375. The average Bonchev–Trinajstić information content (AvgIpc) is 2.19. The molecule has 0 aromatic rings. The summed E-state index contributed by atoms with van der Waals surface area (Å²) < 4.78 is 5.07. The molecule has 0 aromatic carbocycles. The minimum absolute atomic E-state index is 0. The van der Waals surface area contributed by atoms with Gasteiger partial charge in [0, 0.05) is 0 Å². The Morgan fingerprint density at radius 2 is 1.40 bits per heavy atom. The zero-order chi connectivity index (χ0) is 4.57. The summed E-state index contributed by atoms with van der Waals surface area (Å²) in [7, 11) is 0. The molecule has 1 aliphatic rings. The molecule has 0 aromatic heterocycles. The molecule has 1 aliphatic heterocycles. The van der Waals surface area contributed by atoms with Gasteiger partial charge in [-0.25, -0.2) is 0 Å². The van der Waals surface area contributed by atoms with Crippen molar-refractivity contribution in [1.82, 2.24) is 0 Å². The van der Waals surface area contributed by atoms with Gasteiger partial charge in [0.25, 0.3) is 0 Å². The van der Waals surface area contributed by atoms with Gasteiger partial charge in [-0.3, -0.25) is 0 Å². The van der Waals surface area contributed by atoms with Gasteiger partial charge in [-0.2, -0.15) is 0 Å². The van der Waals surface area contributed by atoms with Crippen LogP contribution >= 0.6 is 0 Å². The Labute approximate surface area is 67.8 Å². The van der Waals surface area contributed by atoms with Gasteiger partial charge in [-0.15, -0.1) is 0 Å². The molecule has 0 N–H and O–H groups in total. The van der Waals surface area contributed by atoms with E-state index in [2.05, 4.69) is 13.8 Å². The lowest BCUT2D eigenvalue weighted by Crippen LogP contribution is -1.81. The van der Waals surface area contributed by atoms with E-state index in [1.165, 1.54) is 6.42 Å². The zero-order valence-corrected chi connectivity index (χ0v) is 4.27. The second-order valence-electron chi connectivity index (χ2n) is 1.79. The summed E-state index contributed by atoms with van der Waals surface area (Å²) in [4.78, 5) is 0. The van der Waals surface area contributed by atoms with Crippen LogP contribution in [0, 0.1) is 0 Å². The predicted molar refractivity (Wildman–Crippen MR) is 51.6 cm³/mol. The van der Waals surface area contributed by atoms with E-state index in [9.17, 15) is 0 Å². The van der Waals surface area contributed by atoms with Gasteiger partial charge in [0.15, 0.2) is 0 Å². The first-order valence-electron chi connectivity index (χ1n) is 2.50. The number of ether oxygens (including phenoxy) is 1. The largest absolute Gasteiger partial charge is 0.370 e. The summed E-state index contributed by atoms with van der Waals surface area (Å²) in [6, 6.07) is 0. The van der Waals surface area contributed by atoms with E-state index in [-0.39, 0.29) is 29.7 Å². The van der Waals surface area contributed by atoms with Gasteiger partial charge in [0.05, 0.1) is 12.2 Å². The van der Waals surface area contributed by atoms with Gasteiger partial charge in [0.2, 0.25) is 0 Å². The van der Waals surface area contributed by atoms with E-state index in [1.54, 1.807) is 0 Å². The monoisotopic (exact) mass is 150 g/mol. The molecule has 0 saturated carbocycles. The summed E-state index contributed by atoms with van der Waals surface area (Å²) in [5.74, 6) is 0. The second-order valence-corrected chi connectivity index (χ2v) is 1.79. The highest BCUT2D eigenvalue weighted by molar-refractivity contribution is 4.77. The SMILES string of the molecule is C.C.C.C.CCC1OC1C. The fourth-order valence-corrected chi connectivity index (χ4v) is 0.659. The molecule has 68 valence electrons. The Kier molecular flexibility index (Phi) is 20.2. The fraction of sp³-hybridized carbons (Fsp3) is 1.00. The summed E-state index contributed by atoms with van der Waals surface area (Å²) in [6.45, 7) is 4.25. The second kappa shape index (κ2) is 8.96. The Hall–Kier alpha value is -0.0400. The van der Waals surface area contributed by atoms with Crippen molar-refractivity contribution < 1.29 is 4.74 Å². The first kappa shape index (κ1) is 22.5. The molecule has 0 bridgehead atoms. The van der Waals surface area contributed by atoms with Gasteiger partial charge < -0.3 is 4.74 Å². The fourth-order valence-electron chi connectivity index (χ4n) is 0.659. The van der Waals surface area contributed by atoms with Crippen LogP contribution in [0.5, 0.6) is 0 Å². The van der Waals surface area contributed by atoms with Crippen LogP contribution in [0.3, 0.4) is 0 Å². The highest BCUT2D eigenvalue weighted by atomic mass is 16.6. The number of hydrogen-bond donors (Lipinski definition) is 0. The highest BCUT2D eigenvalue weighted by Crippen LogP contribution is 2.22. The number of rotatable bonds is 1. The average molecular weight is 150 g/mol. The quantitative estimate of drug-likeness (QED) is 0.519. The molecular formula is C9H26O. The smallest absolute Gasteiger partial charge is 0.0836 e. The zero-order valence-electron chi connectivity index (χ0n) is 4.27.